The minimum atomic E-state index is -4.33. The molecule has 0 bridgehead atoms. The molecular weight excluding hydrogens is 331 g/mol. The lowest BCUT2D eigenvalue weighted by atomic mass is 9.96. The van der Waals surface area contributed by atoms with Crippen LogP contribution in [0.1, 0.15) is 43.9 Å². The lowest BCUT2D eigenvalue weighted by molar-refractivity contribution is -0.137. The molecule has 20 heavy (non-hydrogen) atoms. The fourth-order valence-electron chi connectivity index (χ4n) is 1.96. The molecule has 0 spiro atoms. The summed E-state index contributed by atoms with van der Waals surface area (Å²) in [4.78, 5) is 0. The van der Waals surface area contributed by atoms with Crippen LogP contribution in [-0.4, -0.2) is 6.54 Å². The first kappa shape index (κ1) is 17.2. The lowest BCUT2D eigenvalue weighted by Gasteiger charge is -2.22. The van der Waals surface area contributed by atoms with E-state index in [4.69, 9.17) is 0 Å². The Morgan fingerprint density at radius 1 is 1.35 bits per heavy atom. The summed E-state index contributed by atoms with van der Waals surface area (Å²) in [5.74, 6) is 0. The Labute approximate surface area is 126 Å². The van der Waals surface area contributed by atoms with Gasteiger partial charge < -0.3 is 5.32 Å². The highest BCUT2D eigenvalue weighted by Crippen LogP contribution is 2.35. The van der Waals surface area contributed by atoms with E-state index >= 15 is 0 Å². The zero-order valence-electron chi connectivity index (χ0n) is 11.6. The van der Waals surface area contributed by atoms with Gasteiger partial charge in [0.25, 0.3) is 0 Å². The van der Waals surface area contributed by atoms with Crippen molar-refractivity contribution >= 4 is 15.9 Å². The van der Waals surface area contributed by atoms with Crippen molar-refractivity contribution in [1.29, 1.82) is 0 Å². The fraction of sp³-hybridized carbons (Fsp3) is 0.467. The number of rotatable bonds is 6. The van der Waals surface area contributed by atoms with E-state index in [1.165, 1.54) is 12.1 Å². The molecule has 1 atom stereocenters. The molecule has 1 nitrogen and oxygen atoms in total. The first-order chi connectivity index (χ1) is 9.29. The molecule has 1 unspecified atom stereocenters. The Hall–Kier alpha value is -0.810. The third kappa shape index (κ3) is 4.63. The minimum absolute atomic E-state index is 0.163. The van der Waals surface area contributed by atoms with Crippen LogP contribution in [0.5, 0.6) is 0 Å². The van der Waals surface area contributed by atoms with Crippen LogP contribution >= 0.6 is 15.9 Å². The van der Waals surface area contributed by atoms with Gasteiger partial charge in [-0.15, -0.1) is 0 Å². The van der Waals surface area contributed by atoms with E-state index in [1.54, 1.807) is 0 Å². The van der Waals surface area contributed by atoms with Gasteiger partial charge in [0, 0.05) is 10.5 Å². The predicted molar refractivity (Wildman–Crippen MR) is 79.6 cm³/mol. The van der Waals surface area contributed by atoms with E-state index in [0.717, 1.165) is 18.1 Å². The topological polar surface area (TPSA) is 12.0 Å². The van der Waals surface area contributed by atoms with Crippen molar-refractivity contribution < 1.29 is 13.2 Å². The zero-order valence-corrected chi connectivity index (χ0v) is 13.2. The summed E-state index contributed by atoms with van der Waals surface area (Å²) in [5.41, 5.74) is 1.01. The summed E-state index contributed by atoms with van der Waals surface area (Å²) < 4.78 is 39.2. The van der Waals surface area contributed by atoms with Crippen LogP contribution in [-0.2, 0) is 6.18 Å². The molecule has 1 aromatic rings. The largest absolute Gasteiger partial charge is 0.416 e. The summed E-state index contributed by atoms with van der Waals surface area (Å²) in [6.07, 6.45) is -2.88. The van der Waals surface area contributed by atoms with E-state index < -0.39 is 11.7 Å². The third-order valence-corrected chi connectivity index (χ3v) is 3.86. The molecule has 0 aliphatic heterocycles. The van der Waals surface area contributed by atoms with Gasteiger partial charge in [0.1, 0.15) is 0 Å². The molecule has 0 radical (unpaired) electrons. The van der Waals surface area contributed by atoms with Crippen LogP contribution in [0.4, 0.5) is 13.2 Å². The van der Waals surface area contributed by atoms with Crippen LogP contribution in [0.2, 0.25) is 0 Å². The van der Waals surface area contributed by atoms with Gasteiger partial charge in [-0.2, -0.15) is 13.2 Å². The van der Waals surface area contributed by atoms with Gasteiger partial charge in [0.2, 0.25) is 0 Å². The molecule has 1 aromatic carbocycles. The number of hydrogen-bond donors (Lipinski definition) is 1. The first-order valence-corrected chi connectivity index (χ1v) is 7.35. The Morgan fingerprint density at radius 3 is 2.50 bits per heavy atom. The summed E-state index contributed by atoms with van der Waals surface area (Å²) in [5, 5.41) is 3.23. The molecule has 0 amide bonds. The number of hydrogen-bond acceptors (Lipinski definition) is 1. The molecule has 0 aromatic heterocycles. The van der Waals surface area contributed by atoms with Gasteiger partial charge >= 0.3 is 6.18 Å². The average molecular weight is 350 g/mol. The van der Waals surface area contributed by atoms with E-state index in [1.807, 2.05) is 13.8 Å². The maximum absolute atomic E-state index is 12.8. The second-order valence-corrected chi connectivity index (χ2v) is 5.51. The van der Waals surface area contributed by atoms with Crippen LogP contribution in [0, 0.1) is 0 Å². The van der Waals surface area contributed by atoms with Crippen molar-refractivity contribution in [1.82, 2.24) is 5.32 Å². The summed E-state index contributed by atoms with van der Waals surface area (Å²) >= 11 is 3.34. The smallest absolute Gasteiger partial charge is 0.310 e. The molecule has 0 saturated heterocycles. The molecule has 0 heterocycles. The highest BCUT2D eigenvalue weighted by atomic mass is 79.9. The van der Waals surface area contributed by atoms with E-state index in [2.05, 4.69) is 27.8 Å². The molecule has 0 aliphatic carbocycles. The molecule has 0 fully saturated rings. The molecule has 112 valence electrons. The van der Waals surface area contributed by atoms with Crippen molar-refractivity contribution in [3.63, 3.8) is 0 Å². The van der Waals surface area contributed by atoms with E-state index in [-0.39, 0.29) is 6.04 Å². The molecular formula is C15H19BrF3N. The van der Waals surface area contributed by atoms with Crippen LogP contribution in [0.3, 0.4) is 0 Å². The normalized spacial score (nSPS) is 13.3. The number of benzene rings is 1. The quantitative estimate of drug-likeness (QED) is 0.671. The summed E-state index contributed by atoms with van der Waals surface area (Å²) in [6, 6.07) is 3.59. The monoisotopic (exact) mass is 349 g/mol. The van der Waals surface area contributed by atoms with Gasteiger partial charge in [-0.3, -0.25) is 0 Å². The van der Waals surface area contributed by atoms with Crippen molar-refractivity contribution in [3.8, 4) is 0 Å². The van der Waals surface area contributed by atoms with Crippen LogP contribution < -0.4 is 5.32 Å². The SMILES string of the molecule is C=C(CC)CC(NCC)c1cc(C(F)(F)F)ccc1Br. The second kappa shape index (κ2) is 7.27. The maximum Gasteiger partial charge on any atom is 0.416 e. The van der Waals surface area contributed by atoms with Crippen LogP contribution in [0.25, 0.3) is 0 Å². The Bertz CT molecular complexity index is 469. The first-order valence-electron chi connectivity index (χ1n) is 6.56. The summed E-state index contributed by atoms with van der Waals surface area (Å²) in [6.45, 7) is 8.56. The molecule has 1 N–H and O–H groups in total. The van der Waals surface area contributed by atoms with Crippen molar-refractivity contribution in [2.45, 2.75) is 38.9 Å². The van der Waals surface area contributed by atoms with E-state index in [9.17, 15) is 13.2 Å². The predicted octanol–water partition coefficient (Wildman–Crippen LogP) is 5.47. The number of nitrogens with one attached hydrogen (secondary N) is 1. The Kier molecular flexibility index (Phi) is 6.27. The molecule has 0 aliphatic rings. The standard InChI is InChI=1S/C15H19BrF3N/c1-4-10(3)8-14(20-5-2)12-9-11(15(17,18)19)6-7-13(12)16/h6-7,9,14,20H,3-5,8H2,1-2H3. The molecule has 1 rings (SSSR count). The lowest BCUT2D eigenvalue weighted by Crippen LogP contribution is -2.22. The molecule has 0 saturated carbocycles. The van der Waals surface area contributed by atoms with Crippen molar-refractivity contribution in [2.75, 3.05) is 6.54 Å². The highest BCUT2D eigenvalue weighted by molar-refractivity contribution is 9.10. The third-order valence-electron chi connectivity index (χ3n) is 3.14. The van der Waals surface area contributed by atoms with Gasteiger partial charge in [-0.05, 0) is 43.1 Å². The van der Waals surface area contributed by atoms with Crippen LogP contribution in [0.15, 0.2) is 34.8 Å². The highest BCUT2D eigenvalue weighted by Gasteiger charge is 2.31. The van der Waals surface area contributed by atoms with Crippen molar-refractivity contribution in [3.05, 3.63) is 46.0 Å². The van der Waals surface area contributed by atoms with Gasteiger partial charge in [-0.1, -0.05) is 41.9 Å². The number of halogens is 4. The number of alkyl halides is 3. The van der Waals surface area contributed by atoms with Gasteiger partial charge in [0.15, 0.2) is 0 Å². The molecule has 5 heteroatoms. The second-order valence-electron chi connectivity index (χ2n) is 4.65. The average Bonchev–Trinajstić information content (AvgIpc) is 2.37. The van der Waals surface area contributed by atoms with Gasteiger partial charge in [-0.25, -0.2) is 0 Å². The van der Waals surface area contributed by atoms with Crippen molar-refractivity contribution in [2.24, 2.45) is 0 Å². The Balaban J connectivity index is 3.14. The van der Waals surface area contributed by atoms with Gasteiger partial charge in [0.05, 0.1) is 5.56 Å². The maximum atomic E-state index is 12.8. The fourth-order valence-corrected chi connectivity index (χ4v) is 2.48. The summed E-state index contributed by atoms with van der Waals surface area (Å²) in [7, 11) is 0. The van der Waals surface area contributed by atoms with E-state index in [0.29, 0.717) is 23.0 Å². The zero-order chi connectivity index (χ0) is 15.3. The Morgan fingerprint density at radius 2 is 2.00 bits per heavy atom. The minimum Gasteiger partial charge on any atom is -0.310 e.